The predicted octanol–water partition coefficient (Wildman–Crippen LogP) is 3.62. The highest BCUT2D eigenvalue weighted by Crippen LogP contribution is 2.64. The van der Waals surface area contributed by atoms with Gasteiger partial charge in [-0.25, -0.2) is 0 Å². The third-order valence-electron chi connectivity index (χ3n) is 7.20. The Bertz CT molecular complexity index is 777. The number of hydrogen-bond donors (Lipinski definition) is 2. The molecule has 1 aromatic rings. The molecule has 0 amide bonds. The van der Waals surface area contributed by atoms with Crippen LogP contribution in [0.15, 0.2) is 18.2 Å². The molecule has 5 unspecified atom stereocenters. The number of benzene rings is 1. The van der Waals surface area contributed by atoms with Crippen LogP contribution in [0.25, 0.3) is 0 Å². The summed E-state index contributed by atoms with van der Waals surface area (Å²) in [4.78, 5) is 0. The molecule has 2 fully saturated rings. The van der Waals surface area contributed by atoms with Crippen molar-refractivity contribution in [2.75, 3.05) is 0 Å². The quantitative estimate of drug-likeness (QED) is 0.717. The van der Waals surface area contributed by atoms with Crippen LogP contribution in [0.1, 0.15) is 56.1 Å². The summed E-state index contributed by atoms with van der Waals surface area (Å²) in [6, 6.07) is 5.87. The summed E-state index contributed by atoms with van der Waals surface area (Å²) in [5, 5.41) is 21.0. The summed E-state index contributed by atoms with van der Waals surface area (Å²) in [5.74, 6) is 10.1. The first kappa shape index (κ1) is 15.6. The van der Waals surface area contributed by atoms with E-state index in [-0.39, 0.29) is 5.41 Å². The minimum atomic E-state index is -0.940. The molecule has 0 bridgehead atoms. The van der Waals surface area contributed by atoms with Gasteiger partial charge < -0.3 is 10.2 Å². The molecule has 0 saturated heterocycles. The van der Waals surface area contributed by atoms with Crippen LogP contribution in [0.4, 0.5) is 0 Å². The molecule has 0 heterocycles. The van der Waals surface area contributed by atoms with Crippen LogP contribution in [0.5, 0.6) is 5.75 Å². The summed E-state index contributed by atoms with van der Waals surface area (Å²) in [7, 11) is 0. The molecular formula is C22H24O2. The molecule has 0 aromatic heterocycles. The van der Waals surface area contributed by atoms with E-state index in [0.717, 1.165) is 38.5 Å². The van der Waals surface area contributed by atoms with E-state index in [1.54, 1.807) is 0 Å². The van der Waals surface area contributed by atoms with Crippen molar-refractivity contribution in [1.29, 1.82) is 0 Å². The number of aliphatic hydroxyl groups is 1. The molecule has 2 saturated carbocycles. The standard InChI is InChI=1S/C22H24O2/c1-3-4-11-22(24)13-10-20-19-7-5-15-14-16(23)6-8-17(15)18(19)9-12-21(20,22)2/h1,6,8,14,18-20,23-24H,5,7,9-10,12-13H2,2H3. The Balaban J connectivity index is 1.70. The first-order valence-electron chi connectivity index (χ1n) is 9.00. The molecule has 2 N–H and O–H groups in total. The van der Waals surface area contributed by atoms with E-state index in [1.807, 2.05) is 12.1 Å². The van der Waals surface area contributed by atoms with Gasteiger partial charge in [0.1, 0.15) is 11.4 Å². The lowest BCUT2D eigenvalue weighted by molar-refractivity contribution is -0.0647. The zero-order chi connectivity index (χ0) is 16.9. The SMILES string of the molecule is C#CC#CC1(O)CCC2C3CCc4cc(O)ccc4C3CCC21C. The summed E-state index contributed by atoms with van der Waals surface area (Å²) in [6.07, 6.45) is 11.3. The van der Waals surface area contributed by atoms with Crippen molar-refractivity contribution in [1.82, 2.24) is 0 Å². The van der Waals surface area contributed by atoms with E-state index in [2.05, 4.69) is 30.8 Å². The number of aryl methyl sites for hydroxylation is 1. The highest BCUT2D eigenvalue weighted by Gasteiger charge is 2.61. The van der Waals surface area contributed by atoms with Crippen molar-refractivity contribution in [3.63, 3.8) is 0 Å². The lowest BCUT2D eigenvalue weighted by Crippen LogP contribution is -2.50. The molecule has 0 radical (unpaired) electrons. The lowest BCUT2D eigenvalue weighted by atomic mass is 9.53. The van der Waals surface area contributed by atoms with Gasteiger partial charge >= 0.3 is 0 Å². The van der Waals surface area contributed by atoms with E-state index in [0.29, 0.717) is 23.5 Å². The second-order valence-corrected chi connectivity index (χ2v) is 8.05. The lowest BCUT2D eigenvalue weighted by Gasteiger charge is -2.52. The first-order valence-corrected chi connectivity index (χ1v) is 9.00. The molecule has 2 nitrogen and oxygen atoms in total. The van der Waals surface area contributed by atoms with E-state index >= 15 is 0 Å². The van der Waals surface area contributed by atoms with Crippen molar-refractivity contribution in [2.24, 2.45) is 17.3 Å². The van der Waals surface area contributed by atoms with Gasteiger partial charge in [-0.2, -0.15) is 0 Å². The second-order valence-electron chi connectivity index (χ2n) is 8.05. The van der Waals surface area contributed by atoms with Crippen molar-refractivity contribution in [2.45, 2.75) is 57.0 Å². The number of phenolic OH excluding ortho intramolecular Hbond substituents is 1. The fraction of sp³-hybridized carbons (Fsp3) is 0.545. The highest BCUT2D eigenvalue weighted by molar-refractivity contribution is 5.41. The van der Waals surface area contributed by atoms with Crippen LogP contribution in [-0.2, 0) is 6.42 Å². The van der Waals surface area contributed by atoms with Gasteiger partial charge in [-0.15, -0.1) is 6.42 Å². The van der Waals surface area contributed by atoms with Crippen LogP contribution in [0.3, 0.4) is 0 Å². The van der Waals surface area contributed by atoms with E-state index in [9.17, 15) is 10.2 Å². The van der Waals surface area contributed by atoms with Gasteiger partial charge in [0.15, 0.2) is 0 Å². The van der Waals surface area contributed by atoms with Gasteiger partial charge in [-0.05, 0) is 91.4 Å². The number of phenols is 1. The fourth-order valence-electron chi connectivity index (χ4n) is 5.93. The summed E-state index contributed by atoms with van der Waals surface area (Å²) >= 11 is 0. The molecule has 4 rings (SSSR count). The molecule has 3 aliphatic rings. The molecular weight excluding hydrogens is 296 g/mol. The summed E-state index contributed by atoms with van der Waals surface area (Å²) in [6.45, 7) is 2.22. The topological polar surface area (TPSA) is 40.5 Å². The molecule has 1 aromatic carbocycles. The molecule has 0 aliphatic heterocycles. The van der Waals surface area contributed by atoms with Crippen molar-refractivity contribution >= 4 is 0 Å². The number of terminal acetylenes is 1. The molecule has 2 heteroatoms. The maximum atomic E-state index is 11.2. The average Bonchev–Trinajstić information content (AvgIpc) is 2.84. The molecule has 3 aliphatic carbocycles. The molecule has 124 valence electrons. The van der Waals surface area contributed by atoms with Crippen LogP contribution in [0.2, 0.25) is 0 Å². The maximum absolute atomic E-state index is 11.2. The Labute approximate surface area is 144 Å². The van der Waals surface area contributed by atoms with Crippen LogP contribution in [-0.4, -0.2) is 15.8 Å². The minimum Gasteiger partial charge on any atom is -0.508 e. The Hall–Kier alpha value is -1.90. The number of hydrogen-bond acceptors (Lipinski definition) is 2. The zero-order valence-electron chi connectivity index (χ0n) is 14.2. The Kier molecular flexibility index (Phi) is 3.45. The Morgan fingerprint density at radius 3 is 2.83 bits per heavy atom. The molecule has 5 atom stereocenters. The van der Waals surface area contributed by atoms with E-state index < -0.39 is 5.60 Å². The number of rotatable bonds is 0. The average molecular weight is 320 g/mol. The van der Waals surface area contributed by atoms with E-state index in [4.69, 9.17) is 6.42 Å². The fourth-order valence-corrected chi connectivity index (χ4v) is 5.93. The van der Waals surface area contributed by atoms with E-state index in [1.165, 1.54) is 11.1 Å². The number of aromatic hydroxyl groups is 1. The second kappa shape index (κ2) is 5.30. The van der Waals surface area contributed by atoms with Crippen molar-refractivity contribution < 1.29 is 10.2 Å². The monoisotopic (exact) mass is 320 g/mol. The maximum Gasteiger partial charge on any atom is 0.132 e. The van der Waals surface area contributed by atoms with Crippen LogP contribution in [0, 0.1) is 41.4 Å². The van der Waals surface area contributed by atoms with Gasteiger partial charge in [0.05, 0.1) is 0 Å². The summed E-state index contributed by atoms with van der Waals surface area (Å²) < 4.78 is 0. The third kappa shape index (κ3) is 2.03. The normalized spacial score (nSPS) is 39.6. The largest absolute Gasteiger partial charge is 0.508 e. The highest BCUT2D eigenvalue weighted by atomic mass is 16.3. The molecule has 0 spiro atoms. The predicted molar refractivity (Wildman–Crippen MR) is 94.3 cm³/mol. The van der Waals surface area contributed by atoms with Crippen molar-refractivity contribution in [3.05, 3.63) is 29.3 Å². The zero-order valence-corrected chi connectivity index (χ0v) is 14.2. The minimum absolute atomic E-state index is 0.160. The molecule has 24 heavy (non-hydrogen) atoms. The smallest absolute Gasteiger partial charge is 0.132 e. The summed E-state index contributed by atoms with van der Waals surface area (Å²) in [5.41, 5.74) is 1.62. The van der Waals surface area contributed by atoms with Gasteiger partial charge in [0.2, 0.25) is 0 Å². The van der Waals surface area contributed by atoms with Gasteiger partial charge in [-0.3, -0.25) is 0 Å². The van der Waals surface area contributed by atoms with Crippen LogP contribution >= 0.6 is 0 Å². The van der Waals surface area contributed by atoms with Gasteiger partial charge in [0.25, 0.3) is 0 Å². The first-order chi connectivity index (χ1) is 11.5. The third-order valence-corrected chi connectivity index (χ3v) is 7.20. The Morgan fingerprint density at radius 2 is 2.04 bits per heavy atom. The van der Waals surface area contributed by atoms with Gasteiger partial charge in [-0.1, -0.05) is 18.9 Å². The number of fused-ring (bicyclic) bond motifs is 5. The van der Waals surface area contributed by atoms with Crippen LogP contribution < -0.4 is 0 Å². The van der Waals surface area contributed by atoms with Crippen molar-refractivity contribution in [3.8, 4) is 29.9 Å². The van der Waals surface area contributed by atoms with Gasteiger partial charge in [0, 0.05) is 5.41 Å². The Morgan fingerprint density at radius 1 is 1.21 bits per heavy atom.